The zero-order valence-electron chi connectivity index (χ0n) is 43.4. The number of aromatic nitrogens is 1. The number of halogens is 5. The minimum atomic E-state index is -5.98. The number of aliphatic hydroxyl groups is 1. The Kier molecular flexibility index (Phi) is 18.2. The first-order chi connectivity index (χ1) is 36.4. The molecule has 2 atom stereocenters. The van der Waals surface area contributed by atoms with Gasteiger partial charge in [-0.05, 0) is 143 Å². The maximum absolute atomic E-state index is 15.8. The molecule has 8 rings (SSSR count). The van der Waals surface area contributed by atoms with Crippen LogP contribution >= 0.6 is 30.9 Å². The molecule has 414 valence electrons. The number of nitrogens with one attached hydrogen (secondary N) is 2. The zero-order valence-corrected chi connectivity index (χ0v) is 47.5. The SMILES string of the molecule is CCO[P@](=O)(Nc1ccc(N2CCN(c3cc(F)cc(-c4c(S(C)(=O)=O)c(C)n(C(C)C)c4-c4ccc(Cl)cc4)c3)CC2)cc1)c1ccc(N[C@H](CCN2CCC(O)CC2)CSc2ccccc2)c(S(=O)(=O)C(F)(F)F)c1. The molecular weight excluding hydrogens is 1100 g/mol. The number of sulfone groups is 2. The van der Waals surface area contributed by atoms with Gasteiger partial charge in [0.2, 0.25) is 0 Å². The topological polar surface area (TPSA) is 154 Å². The van der Waals surface area contributed by atoms with Crippen molar-refractivity contribution in [1.29, 1.82) is 0 Å². The molecule has 0 aliphatic carbocycles. The monoisotopic (exact) mass is 1160 g/mol. The van der Waals surface area contributed by atoms with Crippen LogP contribution in [0.15, 0.2) is 130 Å². The van der Waals surface area contributed by atoms with Gasteiger partial charge in [-0.15, -0.1) is 11.8 Å². The second-order valence-electron chi connectivity index (χ2n) is 19.6. The Hall–Kier alpha value is -5.05. The van der Waals surface area contributed by atoms with Crippen molar-refractivity contribution in [2.24, 2.45) is 0 Å². The van der Waals surface area contributed by atoms with Crippen LogP contribution in [0.1, 0.15) is 51.8 Å². The number of piperazine rings is 1. The highest BCUT2D eigenvalue weighted by atomic mass is 35.5. The number of benzene rings is 5. The number of aliphatic hydroxyl groups excluding tert-OH is 1. The van der Waals surface area contributed by atoms with E-state index in [1.54, 1.807) is 50.2 Å². The van der Waals surface area contributed by atoms with Crippen LogP contribution in [0.3, 0.4) is 0 Å². The standard InChI is InChI=1S/C55H64ClF4N6O7PS3/c1-6-73-74(68,48-20-21-50(51(35-48)77(71,72)55(58,59)60)61-44(36-75-49-10-8-7-9-11-49)22-25-63-26-23-47(67)24-27-63)62-43-16-18-45(19-17-43)64-28-30-65(31-29-64)46-33-40(32-42(57)34-46)52-53(39-12-14-41(56)15-13-39)66(37(2)3)38(4)54(52)76(5,69)70/h7-21,32-35,37,44,47,61,67H,6,22-31,36H2,1-5H3,(H,62,68)/t44-,74+/m1/s1. The minimum Gasteiger partial charge on any atom is -0.393 e. The Balaban J connectivity index is 1.01. The van der Waals surface area contributed by atoms with E-state index in [0.717, 1.165) is 28.5 Å². The predicted molar refractivity (Wildman–Crippen MR) is 302 cm³/mol. The molecule has 2 fully saturated rings. The number of alkyl halides is 3. The largest absolute Gasteiger partial charge is 0.501 e. The summed E-state index contributed by atoms with van der Waals surface area (Å²) in [4.78, 5) is 6.28. The van der Waals surface area contributed by atoms with Gasteiger partial charge in [-0.3, -0.25) is 4.57 Å². The molecule has 5 aromatic carbocycles. The van der Waals surface area contributed by atoms with Crippen molar-refractivity contribution >= 4 is 78.6 Å². The average Bonchev–Trinajstić information content (AvgIpc) is 3.81. The first kappa shape index (κ1) is 58.1. The maximum Gasteiger partial charge on any atom is 0.501 e. The zero-order chi connectivity index (χ0) is 55.5. The number of anilines is 4. The smallest absolute Gasteiger partial charge is 0.393 e. The number of piperidine rings is 1. The number of hydrogen-bond acceptors (Lipinski definition) is 12. The van der Waals surface area contributed by atoms with Crippen molar-refractivity contribution in [3.05, 3.63) is 132 Å². The first-order valence-corrected chi connectivity index (χ1v) is 31.8. The molecule has 0 amide bonds. The highest BCUT2D eigenvalue weighted by Gasteiger charge is 2.49. The van der Waals surface area contributed by atoms with Gasteiger partial charge in [0.25, 0.3) is 9.84 Å². The third-order valence-electron chi connectivity index (χ3n) is 13.8. The van der Waals surface area contributed by atoms with Gasteiger partial charge in [-0.25, -0.2) is 21.2 Å². The third kappa shape index (κ3) is 13.5. The van der Waals surface area contributed by atoms with Crippen LogP contribution in [0.25, 0.3) is 22.4 Å². The molecule has 2 saturated heterocycles. The van der Waals surface area contributed by atoms with Crippen molar-refractivity contribution in [2.45, 2.75) is 85.3 Å². The maximum atomic E-state index is 15.8. The van der Waals surface area contributed by atoms with Crippen LogP contribution in [-0.2, 0) is 28.8 Å². The number of rotatable bonds is 20. The van der Waals surface area contributed by atoms with E-state index in [0.29, 0.717) is 110 Å². The Morgan fingerprint density at radius 3 is 2.06 bits per heavy atom. The van der Waals surface area contributed by atoms with Crippen molar-refractivity contribution in [2.75, 3.05) is 84.6 Å². The summed E-state index contributed by atoms with van der Waals surface area (Å²) in [6.45, 7) is 11.0. The van der Waals surface area contributed by atoms with E-state index in [2.05, 4.69) is 20.2 Å². The highest BCUT2D eigenvalue weighted by Crippen LogP contribution is 2.48. The molecule has 0 spiro atoms. The van der Waals surface area contributed by atoms with Crippen LogP contribution in [0.4, 0.5) is 40.3 Å². The fraction of sp³-hybridized carbons (Fsp3) is 0.382. The predicted octanol–water partition coefficient (Wildman–Crippen LogP) is 11.9. The Bertz CT molecular complexity index is 3300. The van der Waals surface area contributed by atoms with E-state index in [4.69, 9.17) is 16.1 Å². The van der Waals surface area contributed by atoms with Gasteiger partial charge >= 0.3 is 13.0 Å². The molecule has 0 bridgehead atoms. The Morgan fingerprint density at radius 1 is 0.831 bits per heavy atom. The number of thioether (sulfide) groups is 1. The second kappa shape index (κ2) is 24.1. The van der Waals surface area contributed by atoms with Gasteiger partial charge in [0.1, 0.15) is 10.7 Å². The van der Waals surface area contributed by atoms with E-state index in [9.17, 15) is 39.7 Å². The lowest BCUT2D eigenvalue weighted by Gasteiger charge is -2.37. The quantitative estimate of drug-likeness (QED) is 0.0378. The summed E-state index contributed by atoms with van der Waals surface area (Å²) in [6.07, 6.45) is 2.44. The molecule has 0 radical (unpaired) electrons. The summed E-state index contributed by atoms with van der Waals surface area (Å²) in [5, 5.41) is 16.3. The Labute approximate surface area is 458 Å². The van der Waals surface area contributed by atoms with Crippen molar-refractivity contribution in [1.82, 2.24) is 9.47 Å². The summed E-state index contributed by atoms with van der Waals surface area (Å²) in [5.41, 5.74) is -1.57. The number of hydrogen-bond donors (Lipinski definition) is 3. The van der Waals surface area contributed by atoms with E-state index >= 15 is 4.39 Å². The van der Waals surface area contributed by atoms with Crippen molar-refractivity contribution in [3.63, 3.8) is 0 Å². The molecular formula is C55H64ClF4N6O7PS3. The summed E-state index contributed by atoms with van der Waals surface area (Å²) < 4.78 is 136. The summed E-state index contributed by atoms with van der Waals surface area (Å²) in [5.74, 6) is -0.137. The summed E-state index contributed by atoms with van der Waals surface area (Å²) in [6, 6.07) is 30.7. The van der Waals surface area contributed by atoms with Crippen LogP contribution < -0.4 is 25.5 Å². The molecule has 2 aliphatic rings. The fourth-order valence-electron chi connectivity index (χ4n) is 10.1. The molecule has 0 saturated carbocycles. The molecule has 13 nitrogen and oxygen atoms in total. The normalized spacial score (nSPS) is 16.4. The van der Waals surface area contributed by atoms with E-state index in [1.807, 2.05) is 71.8 Å². The van der Waals surface area contributed by atoms with Crippen LogP contribution in [0, 0.1) is 12.7 Å². The molecule has 3 heterocycles. The van der Waals surface area contributed by atoms with Crippen molar-refractivity contribution in [3.8, 4) is 22.4 Å². The van der Waals surface area contributed by atoms with Gasteiger partial charge < -0.3 is 39.3 Å². The second-order valence-corrected chi connectivity index (χ2v) is 27.1. The lowest BCUT2D eigenvalue weighted by atomic mass is 9.99. The first-order valence-electron chi connectivity index (χ1n) is 25.4. The van der Waals surface area contributed by atoms with Gasteiger partial charge in [0.15, 0.2) is 9.84 Å². The number of likely N-dealkylation sites (tertiary alicyclic amines) is 1. The molecule has 3 N–H and O–H groups in total. The van der Waals surface area contributed by atoms with Gasteiger partial charge in [0.05, 0.1) is 34.3 Å². The minimum absolute atomic E-state index is 0.124. The fourth-order valence-corrected chi connectivity index (χ4v) is 15.3. The summed E-state index contributed by atoms with van der Waals surface area (Å²) in [7, 11) is -14.1. The van der Waals surface area contributed by atoms with Crippen LogP contribution in [0.5, 0.6) is 0 Å². The Morgan fingerprint density at radius 2 is 1.47 bits per heavy atom. The van der Waals surface area contributed by atoms with E-state index < -0.39 is 49.5 Å². The van der Waals surface area contributed by atoms with Gasteiger partial charge in [-0.2, -0.15) is 13.2 Å². The highest BCUT2D eigenvalue weighted by molar-refractivity contribution is 7.99. The molecule has 77 heavy (non-hydrogen) atoms. The van der Waals surface area contributed by atoms with Crippen molar-refractivity contribution < 1.29 is 48.6 Å². The lowest BCUT2D eigenvalue weighted by molar-refractivity contribution is -0.0435. The van der Waals surface area contributed by atoms with E-state index in [-0.39, 0.29) is 34.6 Å². The number of nitrogens with zero attached hydrogens (tertiary/aromatic N) is 4. The van der Waals surface area contributed by atoms with Crippen LogP contribution in [0.2, 0.25) is 5.02 Å². The molecule has 22 heteroatoms. The van der Waals surface area contributed by atoms with Crippen LogP contribution in [-0.4, -0.2) is 113 Å². The molecule has 0 unspecified atom stereocenters. The lowest BCUT2D eigenvalue weighted by Crippen LogP contribution is -2.46. The van der Waals surface area contributed by atoms with Gasteiger partial charge in [0, 0.05) is 108 Å². The molecule has 6 aromatic rings. The molecule has 2 aliphatic heterocycles. The third-order valence-corrected chi connectivity index (χ3v) is 20.2. The molecule has 1 aromatic heterocycles. The summed E-state index contributed by atoms with van der Waals surface area (Å²) >= 11 is 7.74. The van der Waals surface area contributed by atoms with Gasteiger partial charge in [-0.1, -0.05) is 41.9 Å². The average molecular weight is 1160 g/mol. The van der Waals surface area contributed by atoms with E-state index in [1.165, 1.54) is 36.0 Å².